The molecule has 23 heavy (non-hydrogen) atoms. The number of hydrogen-bond donors (Lipinski definition) is 0. The van der Waals surface area contributed by atoms with Crippen LogP contribution in [-0.4, -0.2) is 22.8 Å². The van der Waals surface area contributed by atoms with Crippen molar-refractivity contribution in [3.05, 3.63) is 83.7 Å². The van der Waals surface area contributed by atoms with Gasteiger partial charge >= 0.3 is 5.97 Å². The van der Waals surface area contributed by atoms with Crippen LogP contribution in [0.1, 0.15) is 27.5 Å². The van der Waals surface area contributed by atoms with Gasteiger partial charge in [0.15, 0.2) is 5.69 Å². The van der Waals surface area contributed by atoms with Gasteiger partial charge in [0, 0.05) is 12.1 Å². The van der Waals surface area contributed by atoms with Gasteiger partial charge in [0.05, 0.1) is 0 Å². The second-order valence-corrected chi connectivity index (χ2v) is 5.43. The molecule has 0 unspecified atom stereocenters. The summed E-state index contributed by atoms with van der Waals surface area (Å²) >= 11 is 0. The highest BCUT2D eigenvalue weighted by Crippen LogP contribution is 2.44. The maximum absolute atomic E-state index is 12.1. The number of ether oxygens (including phenoxy) is 1. The first-order valence-electron chi connectivity index (χ1n) is 7.47. The van der Waals surface area contributed by atoms with Crippen LogP contribution in [0.25, 0.3) is 11.1 Å². The van der Waals surface area contributed by atoms with Crippen molar-refractivity contribution in [2.75, 3.05) is 6.61 Å². The number of fused-ring (bicyclic) bond motifs is 3. The van der Waals surface area contributed by atoms with Crippen LogP contribution < -0.4 is 0 Å². The Hall–Kier alpha value is -3.01. The van der Waals surface area contributed by atoms with Crippen LogP contribution in [0.3, 0.4) is 0 Å². The molecular formula is C19H14N2O2. The number of esters is 1. The van der Waals surface area contributed by atoms with E-state index in [4.69, 9.17) is 4.74 Å². The summed E-state index contributed by atoms with van der Waals surface area (Å²) < 4.78 is 5.48. The molecule has 2 aromatic carbocycles. The molecule has 1 heterocycles. The minimum absolute atomic E-state index is 0.0584. The standard InChI is InChI=1S/C19H14N2O2/c22-19(18-10-5-11-20-21-18)23-12-17-15-8-3-1-6-13(15)14-7-2-4-9-16(14)17/h1-11,17H,12H2. The van der Waals surface area contributed by atoms with Gasteiger partial charge < -0.3 is 4.74 Å². The molecule has 0 aliphatic heterocycles. The van der Waals surface area contributed by atoms with Gasteiger partial charge in [-0.05, 0) is 34.4 Å². The molecule has 0 amide bonds. The molecule has 4 nitrogen and oxygen atoms in total. The number of carbonyl (C=O) groups excluding carboxylic acids is 1. The molecule has 0 bridgehead atoms. The van der Waals surface area contributed by atoms with Crippen LogP contribution in [0.5, 0.6) is 0 Å². The topological polar surface area (TPSA) is 52.1 Å². The molecule has 0 N–H and O–H groups in total. The molecule has 0 radical (unpaired) electrons. The van der Waals surface area contributed by atoms with Crippen molar-refractivity contribution in [1.29, 1.82) is 0 Å². The molecule has 3 aromatic rings. The van der Waals surface area contributed by atoms with E-state index in [0.717, 1.165) is 0 Å². The van der Waals surface area contributed by atoms with Gasteiger partial charge in [-0.25, -0.2) is 4.79 Å². The number of nitrogens with zero attached hydrogens (tertiary/aromatic N) is 2. The van der Waals surface area contributed by atoms with Crippen molar-refractivity contribution in [3.8, 4) is 11.1 Å². The predicted molar refractivity (Wildman–Crippen MR) is 86.0 cm³/mol. The van der Waals surface area contributed by atoms with Gasteiger partial charge in [0.25, 0.3) is 0 Å². The molecule has 0 spiro atoms. The summed E-state index contributed by atoms with van der Waals surface area (Å²) in [5.74, 6) is -0.386. The number of aromatic nitrogens is 2. The molecule has 1 aliphatic carbocycles. The molecule has 4 heteroatoms. The number of rotatable bonds is 3. The highest BCUT2D eigenvalue weighted by atomic mass is 16.5. The summed E-state index contributed by atoms with van der Waals surface area (Å²) in [5, 5.41) is 7.49. The first-order chi connectivity index (χ1) is 11.3. The molecule has 0 saturated carbocycles. The summed E-state index contributed by atoms with van der Waals surface area (Å²) in [6.45, 7) is 0.295. The van der Waals surface area contributed by atoms with E-state index in [1.807, 2.05) is 24.3 Å². The molecule has 0 atom stereocenters. The summed E-state index contributed by atoms with van der Waals surface area (Å²) in [5.41, 5.74) is 5.04. The summed E-state index contributed by atoms with van der Waals surface area (Å²) in [6.07, 6.45) is 1.53. The highest BCUT2D eigenvalue weighted by Gasteiger charge is 2.29. The maximum Gasteiger partial charge on any atom is 0.358 e. The Bertz CT molecular complexity index is 817. The first-order valence-corrected chi connectivity index (χ1v) is 7.47. The van der Waals surface area contributed by atoms with E-state index in [0.29, 0.717) is 6.61 Å². The van der Waals surface area contributed by atoms with Crippen LogP contribution in [0, 0.1) is 0 Å². The lowest BCUT2D eigenvalue weighted by atomic mass is 9.98. The number of carbonyl (C=O) groups is 1. The van der Waals surface area contributed by atoms with Gasteiger partial charge in [-0.3, -0.25) is 0 Å². The van der Waals surface area contributed by atoms with Gasteiger partial charge in [0.2, 0.25) is 0 Å². The second-order valence-electron chi connectivity index (χ2n) is 5.43. The fourth-order valence-corrected chi connectivity index (χ4v) is 3.08. The van der Waals surface area contributed by atoms with Crippen molar-refractivity contribution < 1.29 is 9.53 Å². The first kappa shape index (κ1) is 13.6. The quantitative estimate of drug-likeness (QED) is 0.695. The predicted octanol–water partition coefficient (Wildman–Crippen LogP) is 3.45. The molecule has 0 fully saturated rings. The van der Waals surface area contributed by atoms with Crippen molar-refractivity contribution in [2.45, 2.75) is 5.92 Å². The Labute approximate surface area is 133 Å². The number of hydrogen-bond acceptors (Lipinski definition) is 4. The van der Waals surface area contributed by atoms with E-state index >= 15 is 0 Å². The Morgan fingerprint density at radius 2 is 1.57 bits per heavy atom. The van der Waals surface area contributed by atoms with E-state index in [1.54, 1.807) is 12.1 Å². The van der Waals surface area contributed by atoms with Gasteiger partial charge in [-0.1, -0.05) is 48.5 Å². The summed E-state index contributed by atoms with van der Waals surface area (Å²) in [7, 11) is 0. The fraction of sp³-hybridized carbons (Fsp3) is 0.105. The third-order valence-electron chi connectivity index (χ3n) is 4.13. The normalized spacial score (nSPS) is 12.5. The Morgan fingerprint density at radius 1 is 0.913 bits per heavy atom. The van der Waals surface area contributed by atoms with Crippen LogP contribution in [0.2, 0.25) is 0 Å². The SMILES string of the molecule is O=C(OCC1c2ccccc2-c2ccccc21)c1cccnn1. The van der Waals surface area contributed by atoms with E-state index in [9.17, 15) is 4.79 Å². The van der Waals surface area contributed by atoms with Crippen molar-refractivity contribution in [2.24, 2.45) is 0 Å². The maximum atomic E-state index is 12.1. The molecular weight excluding hydrogens is 288 g/mol. The molecule has 1 aromatic heterocycles. The summed E-state index contributed by atoms with van der Waals surface area (Å²) in [6, 6.07) is 19.8. The largest absolute Gasteiger partial charge is 0.460 e. The third kappa shape index (κ3) is 2.38. The smallest absolute Gasteiger partial charge is 0.358 e. The average molecular weight is 302 g/mol. The minimum atomic E-state index is -0.444. The highest BCUT2D eigenvalue weighted by molar-refractivity contribution is 5.87. The van der Waals surface area contributed by atoms with Gasteiger partial charge in [-0.15, -0.1) is 5.10 Å². The van der Waals surface area contributed by atoms with E-state index in [2.05, 4.69) is 34.5 Å². The Balaban J connectivity index is 1.61. The fourth-order valence-electron chi connectivity index (χ4n) is 3.08. The van der Waals surface area contributed by atoms with Crippen LogP contribution in [0.4, 0.5) is 0 Å². The van der Waals surface area contributed by atoms with E-state index in [1.165, 1.54) is 28.5 Å². The van der Waals surface area contributed by atoms with Crippen molar-refractivity contribution in [3.63, 3.8) is 0 Å². The monoisotopic (exact) mass is 302 g/mol. The third-order valence-corrected chi connectivity index (χ3v) is 4.13. The minimum Gasteiger partial charge on any atom is -0.460 e. The van der Waals surface area contributed by atoms with E-state index in [-0.39, 0.29) is 11.6 Å². The van der Waals surface area contributed by atoms with Gasteiger partial charge in [0.1, 0.15) is 6.61 Å². The summed E-state index contributed by atoms with van der Waals surface area (Å²) in [4.78, 5) is 12.1. The Morgan fingerprint density at radius 3 is 2.17 bits per heavy atom. The molecule has 0 saturated heterocycles. The van der Waals surface area contributed by atoms with E-state index < -0.39 is 5.97 Å². The zero-order valence-electron chi connectivity index (χ0n) is 12.3. The van der Waals surface area contributed by atoms with Crippen LogP contribution in [0.15, 0.2) is 66.9 Å². The lowest BCUT2D eigenvalue weighted by molar-refractivity contribution is 0.0485. The molecule has 112 valence electrons. The molecule has 1 aliphatic rings. The zero-order chi connectivity index (χ0) is 15.6. The van der Waals surface area contributed by atoms with Gasteiger partial charge in [-0.2, -0.15) is 5.10 Å². The van der Waals surface area contributed by atoms with Crippen molar-refractivity contribution >= 4 is 5.97 Å². The lowest BCUT2D eigenvalue weighted by Gasteiger charge is -2.13. The molecule has 4 rings (SSSR count). The Kier molecular flexibility index (Phi) is 3.35. The number of benzene rings is 2. The lowest BCUT2D eigenvalue weighted by Crippen LogP contribution is -2.14. The second kappa shape index (κ2) is 5.65. The van der Waals surface area contributed by atoms with Crippen molar-refractivity contribution in [1.82, 2.24) is 10.2 Å². The average Bonchev–Trinajstić information content (AvgIpc) is 2.94. The van der Waals surface area contributed by atoms with Crippen LogP contribution >= 0.6 is 0 Å². The zero-order valence-corrected chi connectivity index (χ0v) is 12.3. The van der Waals surface area contributed by atoms with Crippen LogP contribution in [-0.2, 0) is 4.74 Å².